The molecule has 2 N–H and O–H groups in total. The maximum Gasteiger partial charge on any atom is 0.236 e. The van der Waals surface area contributed by atoms with Crippen molar-refractivity contribution in [1.82, 2.24) is 14.7 Å². The SMILES string of the molecule is CCN1CCCC1CN(C)C(=O)CN1CCC(N)CC1. The van der Waals surface area contributed by atoms with Crippen molar-refractivity contribution in [3.05, 3.63) is 0 Å². The fourth-order valence-electron chi connectivity index (χ4n) is 3.36. The Labute approximate surface area is 123 Å². The molecule has 0 aliphatic carbocycles. The van der Waals surface area contributed by atoms with Crippen molar-refractivity contribution in [2.24, 2.45) is 5.73 Å². The smallest absolute Gasteiger partial charge is 0.236 e. The van der Waals surface area contributed by atoms with E-state index in [0.717, 1.165) is 39.0 Å². The van der Waals surface area contributed by atoms with Crippen LogP contribution in [0, 0.1) is 0 Å². The van der Waals surface area contributed by atoms with E-state index < -0.39 is 0 Å². The highest BCUT2D eigenvalue weighted by Gasteiger charge is 2.26. The van der Waals surface area contributed by atoms with Crippen LogP contribution in [0.3, 0.4) is 0 Å². The van der Waals surface area contributed by atoms with Crippen LogP contribution in [0.4, 0.5) is 0 Å². The summed E-state index contributed by atoms with van der Waals surface area (Å²) < 4.78 is 0. The zero-order valence-corrected chi connectivity index (χ0v) is 13.1. The molecule has 2 heterocycles. The lowest BCUT2D eigenvalue weighted by molar-refractivity contribution is -0.132. The third kappa shape index (κ3) is 4.17. The predicted octanol–water partition coefficient (Wildman–Crippen LogP) is 0.352. The summed E-state index contributed by atoms with van der Waals surface area (Å²) in [6.45, 7) is 7.85. The van der Waals surface area contributed by atoms with Crippen LogP contribution < -0.4 is 5.73 Å². The van der Waals surface area contributed by atoms with Gasteiger partial charge in [-0.05, 0) is 38.8 Å². The second kappa shape index (κ2) is 7.38. The van der Waals surface area contributed by atoms with Crippen molar-refractivity contribution in [3.63, 3.8) is 0 Å². The Bertz CT molecular complexity index is 315. The lowest BCUT2D eigenvalue weighted by Crippen LogP contribution is -2.47. The number of hydrogen-bond donors (Lipinski definition) is 1. The van der Waals surface area contributed by atoms with E-state index >= 15 is 0 Å². The molecule has 116 valence electrons. The summed E-state index contributed by atoms with van der Waals surface area (Å²) in [7, 11) is 1.95. The normalized spacial score (nSPS) is 26.1. The van der Waals surface area contributed by atoms with E-state index in [9.17, 15) is 4.79 Å². The highest BCUT2D eigenvalue weighted by atomic mass is 16.2. The zero-order valence-electron chi connectivity index (χ0n) is 13.1. The molecule has 0 aromatic carbocycles. The van der Waals surface area contributed by atoms with Crippen molar-refractivity contribution in [2.45, 2.75) is 44.7 Å². The quantitative estimate of drug-likeness (QED) is 0.791. The molecule has 20 heavy (non-hydrogen) atoms. The monoisotopic (exact) mass is 282 g/mol. The molecule has 2 fully saturated rings. The van der Waals surface area contributed by atoms with Crippen molar-refractivity contribution in [2.75, 3.05) is 46.3 Å². The summed E-state index contributed by atoms with van der Waals surface area (Å²) >= 11 is 0. The number of likely N-dealkylation sites (N-methyl/N-ethyl adjacent to an activating group) is 2. The van der Waals surface area contributed by atoms with Gasteiger partial charge in [0.1, 0.15) is 0 Å². The number of carbonyl (C=O) groups excluding carboxylic acids is 1. The van der Waals surface area contributed by atoms with Gasteiger partial charge in [0.15, 0.2) is 0 Å². The average Bonchev–Trinajstić information content (AvgIpc) is 2.88. The minimum atomic E-state index is 0.253. The van der Waals surface area contributed by atoms with Gasteiger partial charge in [0, 0.05) is 38.8 Å². The first-order valence-electron chi connectivity index (χ1n) is 8.06. The summed E-state index contributed by atoms with van der Waals surface area (Å²) in [4.78, 5) is 19.0. The minimum Gasteiger partial charge on any atom is -0.343 e. The third-order valence-corrected chi connectivity index (χ3v) is 4.81. The second-order valence-corrected chi connectivity index (χ2v) is 6.31. The number of hydrogen-bond acceptors (Lipinski definition) is 4. The largest absolute Gasteiger partial charge is 0.343 e. The van der Waals surface area contributed by atoms with Gasteiger partial charge in [0.25, 0.3) is 0 Å². The van der Waals surface area contributed by atoms with Gasteiger partial charge in [-0.2, -0.15) is 0 Å². The van der Waals surface area contributed by atoms with Gasteiger partial charge in [-0.1, -0.05) is 6.92 Å². The van der Waals surface area contributed by atoms with Gasteiger partial charge in [0.2, 0.25) is 5.91 Å². The van der Waals surface area contributed by atoms with E-state index in [1.807, 2.05) is 11.9 Å². The number of nitrogens with two attached hydrogens (primary N) is 1. The molecule has 0 spiro atoms. The Balaban J connectivity index is 1.74. The first kappa shape index (κ1) is 15.7. The maximum atomic E-state index is 12.3. The Hall–Kier alpha value is -0.650. The van der Waals surface area contributed by atoms with Gasteiger partial charge in [-0.25, -0.2) is 0 Å². The molecule has 1 amide bonds. The van der Waals surface area contributed by atoms with Crippen LogP contribution in [0.25, 0.3) is 0 Å². The van der Waals surface area contributed by atoms with E-state index in [1.54, 1.807) is 0 Å². The van der Waals surface area contributed by atoms with E-state index in [4.69, 9.17) is 5.73 Å². The van der Waals surface area contributed by atoms with E-state index in [2.05, 4.69) is 16.7 Å². The van der Waals surface area contributed by atoms with Crippen LogP contribution in [0.5, 0.6) is 0 Å². The highest BCUT2D eigenvalue weighted by Crippen LogP contribution is 2.17. The second-order valence-electron chi connectivity index (χ2n) is 6.31. The van der Waals surface area contributed by atoms with Gasteiger partial charge in [0.05, 0.1) is 6.54 Å². The topological polar surface area (TPSA) is 52.8 Å². The Morgan fingerprint density at radius 1 is 1.25 bits per heavy atom. The van der Waals surface area contributed by atoms with Gasteiger partial charge in [-0.3, -0.25) is 14.6 Å². The van der Waals surface area contributed by atoms with Crippen molar-refractivity contribution >= 4 is 5.91 Å². The molecule has 1 atom stereocenters. The molecule has 1 unspecified atom stereocenters. The molecular weight excluding hydrogens is 252 g/mol. The Kier molecular flexibility index (Phi) is 5.81. The van der Waals surface area contributed by atoms with E-state index in [1.165, 1.54) is 19.4 Å². The number of nitrogens with zero attached hydrogens (tertiary/aromatic N) is 3. The number of amides is 1. The van der Waals surface area contributed by atoms with Gasteiger partial charge >= 0.3 is 0 Å². The van der Waals surface area contributed by atoms with Crippen LogP contribution in [0.15, 0.2) is 0 Å². The number of piperidine rings is 1. The molecule has 0 bridgehead atoms. The average molecular weight is 282 g/mol. The molecule has 2 saturated heterocycles. The molecule has 2 aliphatic heterocycles. The van der Waals surface area contributed by atoms with Crippen LogP contribution in [0.1, 0.15) is 32.6 Å². The lowest BCUT2D eigenvalue weighted by atomic mass is 10.1. The Morgan fingerprint density at radius 3 is 2.60 bits per heavy atom. The fraction of sp³-hybridized carbons (Fsp3) is 0.933. The molecule has 0 radical (unpaired) electrons. The summed E-state index contributed by atoms with van der Waals surface area (Å²) in [6, 6.07) is 0.888. The van der Waals surface area contributed by atoms with Crippen molar-refractivity contribution < 1.29 is 4.79 Å². The summed E-state index contributed by atoms with van der Waals surface area (Å²) in [6.07, 6.45) is 4.53. The molecule has 2 rings (SSSR count). The van der Waals surface area contributed by atoms with E-state index in [-0.39, 0.29) is 5.91 Å². The van der Waals surface area contributed by atoms with Crippen LogP contribution in [-0.2, 0) is 4.79 Å². The van der Waals surface area contributed by atoms with Gasteiger partial charge < -0.3 is 10.6 Å². The van der Waals surface area contributed by atoms with Gasteiger partial charge in [-0.15, -0.1) is 0 Å². The summed E-state index contributed by atoms with van der Waals surface area (Å²) in [5, 5.41) is 0. The molecule has 0 aromatic rings. The lowest BCUT2D eigenvalue weighted by Gasteiger charge is -2.32. The maximum absolute atomic E-state index is 12.3. The van der Waals surface area contributed by atoms with Crippen LogP contribution in [0.2, 0.25) is 0 Å². The van der Waals surface area contributed by atoms with Crippen molar-refractivity contribution in [1.29, 1.82) is 0 Å². The highest BCUT2D eigenvalue weighted by molar-refractivity contribution is 5.78. The third-order valence-electron chi connectivity index (χ3n) is 4.81. The summed E-state index contributed by atoms with van der Waals surface area (Å²) in [5.41, 5.74) is 5.90. The zero-order chi connectivity index (χ0) is 14.5. The molecular formula is C15H30N4O. The number of carbonyl (C=O) groups is 1. The van der Waals surface area contributed by atoms with Crippen LogP contribution in [-0.4, -0.2) is 79.0 Å². The molecule has 5 heteroatoms. The number of rotatable bonds is 5. The fourth-order valence-corrected chi connectivity index (χ4v) is 3.36. The number of likely N-dealkylation sites (tertiary alicyclic amines) is 2. The molecule has 0 saturated carbocycles. The van der Waals surface area contributed by atoms with Crippen LogP contribution >= 0.6 is 0 Å². The predicted molar refractivity (Wildman–Crippen MR) is 81.6 cm³/mol. The summed E-state index contributed by atoms with van der Waals surface area (Å²) in [5.74, 6) is 0.253. The Morgan fingerprint density at radius 2 is 1.95 bits per heavy atom. The molecule has 5 nitrogen and oxygen atoms in total. The minimum absolute atomic E-state index is 0.253. The van der Waals surface area contributed by atoms with Crippen molar-refractivity contribution in [3.8, 4) is 0 Å². The molecule has 2 aliphatic rings. The first-order valence-corrected chi connectivity index (χ1v) is 8.06. The first-order chi connectivity index (χ1) is 9.60. The molecule has 0 aromatic heterocycles. The van der Waals surface area contributed by atoms with E-state index in [0.29, 0.717) is 18.6 Å². The standard InChI is InChI=1S/C15H30N4O/c1-3-19-8-4-5-14(19)11-17(2)15(20)12-18-9-6-13(16)7-10-18/h13-14H,3-12,16H2,1-2H3.